The van der Waals surface area contributed by atoms with Crippen LogP contribution >= 0.6 is 0 Å². The summed E-state index contributed by atoms with van der Waals surface area (Å²) >= 11 is 0. The Bertz CT molecular complexity index is 177. The van der Waals surface area contributed by atoms with E-state index in [4.69, 9.17) is 0 Å². The van der Waals surface area contributed by atoms with Crippen molar-refractivity contribution >= 4 is 0 Å². The predicted molar refractivity (Wildman–Crippen MR) is 60.4 cm³/mol. The maximum Gasteiger partial charge on any atom is 0.0245 e. The first-order valence-corrected chi connectivity index (χ1v) is 6.21. The highest BCUT2D eigenvalue weighted by Crippen LogP contribution is 2.37. The molecule has 2 aliphatic heterocycles. The van der Waals surface area contributed by atoms with Crippen LogP contribution in [0, 0.1) is 11.8 Å². The molecule has 0 aromatic carbocycles. The van der Waals surface area contributed by atoms with Crippen molar-refractivity contribution in [3.8, 4) is 0 Å². The molecule has 0 spiro atoms. The van der Waals surface area contributed by atoms with E-state index in [1.165, 1.54) is 45.3 Å². The van der Waals surface area contributed by atoms with Gasteiger partial charge in [-0.1, -0.05) is 13.8 Å². The van der Waals surface area contributed by atoms with Gasteiger partial charge in [0.25, 0.3) is 0 Å². The SMILES string of the molecule is CC(C)C1(C2CCCNC2)CCCN1. The van der Waals surface area contributed by atoms with Gasteiger partial charge in [0.05, 0.1) is 0 Å². The maximum absolute atomic E-state index is 3.80. The van der Waals surface area contributed by atoms with Crippen LogP contribution in [-0.4, -0.2) is 25.2 Å². The van der Waals surface area contributed by atoms with E-state index in [2.05, 4.69) is 24.5 Å². The molecule has 2 fully saturated rings. The minimum Gasteiger partial charge on any atom is -0.316 e. The molecule has 2 rings (SSSR count). The van der Waals surface area contributed by atoms with Crippen LogP contribution < -0.4 is 10.6 Å². The Labute approximate surface area is 87.8 Å². The van der Waals surface area contributed by atoms with Crippen molar-refractivity contribution in [1.82, 2.24) is 10.6 Å². The lowest BCUT2D eigenvalue weighted by Gasteiger charge is -2.43. The number of rotatable bonds is 2. The molecule has 2 unspecified atom stereocenters. The van der Waals surface area contributed by atoms with Crippen LogP contribution in [-0.2, 0) is 0 Å². The van der Waals surface area contributed by atoms with Crippen molar-refractivity contribution in [3.63, 3.8) is 0 Å². The average Bonchev–Trinajstić information content (AvgIpc) is 2.69. The third kappa shape index (κ3) is 1.70. The summed E-state index contributed by atoms with van der Waals surface area (Å²) in [4.78, 5) is 0. The lowest BCUT2D eigenvalue weighted by molar-refractivity contribution is 0.139. The smallest absolute Gasteiger partial charge is 0.0245 e. The third-order valence-electron chi connectivity index (χ3n) is 4.28. The van der Waals surface area contributed by atoms with E-state index in [0.717, 1.165) is 11.8 Å². The fraction of sp³-hybridized carbons (Fsp3) is 1.00. The molecule has 2 saturated heterocycles. The molecule has 0 radical (unpaired) electrons. The number of hydrogen-bond donors (Lipinski definition) is 2. The normalized spacial score (nSPS) is 39.2. The highest BCUT2D eigenvalue weighted by molar-refractivity contribution is 5.02. The number of nitrogens with one attached hydrogen (secondary N) is 2. The second kappa shape index (κ2) is 4.19. The summed E-state index contributed by atoms with van der Waals surface area (Å²) in [5.41, 5.74) is 0.452. The Hall–Kier alpha value is -0.0800. The Morgan fingerprint density at radius 2 is 2.07 bits per heavy atom. The van der Waals surface area contributed by atoms with Crippen LogP contribution in [0.1, 0.15) is 39.5 Å². The zero-order chi connectivity index (χ0) is 10.0. The van der Waals surface area contributed by atoms with Crippen molar-refractivity contribution in [2.45, 2.75) is 45.1 Å². The molecule has 2 heterocycles. The zero-order valence-electron chi connectivity index (χ0n) is 9.60. The van der Waals surface area contributed by atoms with Gasteiger partial charge < -0.3 is 10.6 Å². The van der Waals surface area contributed by atoms with Crippen LogP contribution in [0.15, 0.2) is 0 Å². The van der Waals surface area contributed by atoms with Gasteiger partial charge in [0, 0.05) is 5.54 Å². The van der Waals surface area contributed by atoms with E-state index in [1.807, 2.05) is 0 Å². The zero-order valence-corrected chi connectivity index (χ0v) is 9.60. The van der Waals surface area contributed by atoms with Gasteiger partial charge in [0.15, 0.2) is 0 Å². The van der Waals surface area contributed by atoms with E-state index >= 15 is 0 Å². The number of hydrogen-bond acceptors (Lipinski definition) is 2. The van der Waals surface area contributed by atoms with Gasteiger partial charge in [-0.25, -0.2) is 0 Å². The van der Waals surface area contributed by atoms with Crippen LogP contribution in [0.25, 0.3) is 0 Å². The van der Waals surface area contributed by atoms with Crippen molar-refractivity contribution in [2.24, 2.45) is 11.8 Å². The maximum atomic E-state index is 3.80. The van der Waals surface area contributed by atoms with Crippen LogP contribution in [0.3, 0.4) is 0 Å². The van der Waals surface area contributed by atoms with Crippen LogP contribution in [0.5, 0.6) is 0 Å². The first kappa shape index (κ1) is 10.4. The minimum atomic E-state index is 0.452. The first-order valence-electron chi connectivity index (χ1n) is 6.21. The first-order chi connectivity index (χ1) is 6.76. The summed E-state index contributed by atoms with van der Waals surface area (Å²) in [5, 5.41) is 7.35. The van der Waals surface area contributed by atoms with Crippen LogP contribution in [0.4, 0.5) is 0 Å². The molecule has 2 N–H and O–H groups in total. The summed E-state index contributed by atoms with van der Waals surface area (Å²) in [6.07, 6.45) is 5.53. The topological polar surface area (TPSA) is 24.1 Å². The molecular formula is C12H24N2. The molecule has 0 bridgehead atoms. The molecular weight excluding hydrogens is 172 g/mol. The van der Waals surface area contributed by atoms with E-state index in [-0.39, 0.29) is 0 Å². The van der Waals surface area contributed by atoms with Gasteiger partial charge in [-0.3, -0.25) is 0 Å². The highest BCUT2D eigenvalue weighted by atomic mass is 15.0. The molecule has 2 aliphatic rings. The molecule has 14 heavy (non-hydrogen) atoms. The van der Waals surface area contributed by atoms with E-state index in [9.17, 15) is 0 Å². The Morgan fingerprint density at radius 1 is 1.21 bits per heavy atom. The van der Waals surface area contributed by atoms with Gasteiger partial charge in [0.1, 0.15) is 0 Å². The molecule has 0 aromatic rings. The van der Waals surface area contributed by atoms with Crippen molar-refractivity contribution in [2.75, 3.05) is 19.6 Å². The van der Waals surface area contributed by atoms with Gasteiger partial charge in [-0.15, -0.1) is 0 Å². The number of piperidine rings is 1. The summed E-state index contributed by atoms with van der Waals surface area (Å²) in [5.74, 6) is 1.63. The van der Waals surface area contributed by atoms with Gasteiger partial charge in [0.2, 0.25) is 0 Å². The molecule has 0 saturated carbocycles. The highest BCUT2D eigenvalue weighted by Gasteiger charge is 2.43. The summed E-state index contributed by atoms with van der Waals surface area (Å²) < 4.78 is 0. The molecule has 0 aliphatic carbocycles. The molecule has 0 amide bonds. The van der Waals surface area contributed by atoms with Gasteiger partial charge in [-0.05, 0) is 57.2 Å². The second-order valence-corrected chi connectivity index (χ2v) is 5.27. The fourth-order valence-corrected chi connectivity index (χ4v) is 3.39. The quantitative estimate of drug-likeness (QED) is 0.703. The van der Waals surface area contributed by atoms with E-state index < -0.39 is 0 Å². The summed E-state index contributed by atoms with van der Waals surface area (Å²) in [6.45, 7) is 8.45. The van der Waals surface area contributed by atoms with Crippen molar-refractivity contribution in [3.05, 3.63) is 0 Å². The lowest BCUT2D eigenvalue weighted by atomic mass is 9.71. The Morgan fingerprint density at radius 3 is 2.57 bits per heavy atom. The van der Waals surface area contributed by atoms with Crippen LogP contribution in [0.2, 0.25) is 0 Å². The molecule has 2 atom stereocenters. The largest absolute Gasteiger partial charge is 0.316 e. The van der Waals surface area contributed by atoms with Crippen molar-refractivity contribution < 1.29 is 0 Å². The van der Waals surface area contributed by atoms with Gasteiger partial charge >= 0.3 is 0 Å². The standard InChI is InChI=1S/C12H24N2/c1-10(2)12(6-4-8-14-12)11-5-3-7-13-9-11/h10-11,13-14H,3-9H2,1-2H3. The Kier molecular flexibility index (Phi) is 3.13. The van der Waals surface area contributed by atoms with Gasteiger partial charge in [-0.2, -0.15) is 0 Å². The average molecular weight is 196 g/mol. The lowest BCUT2D eigenvalue weighted by Crippen LogP contribution is -2.55. The third-order valence-corrected chi connectivity index (χ3v) is 4.28. The second-order valence-electron chi connectivity index (χ2n) is 5.27. The fourth-order valence-electron chi connectivity index (χ4n) is 3.39. The summed E-state index contributed by atoms with van der Waals surface area (Å²) in [7, 11) is 0. The molecule has 82 valence electrons. The molecule has 2 heteroatoms. The van der Waals surface area contributed by atoms with E-state index in [0.29, 0.717) is 5.54 Å². The summed E-state index contributed by atoms with van der Waals surface area (Å²) in [6, 6.07) is 0. The van der Waals surface area contributed by atoms with Crippen molar-refractivity contribution in [1.29, 1.82) is 0 Å². The predicted octanol–water partition coefficient (Wildman–Crippen LogP) is 1.76. The monoisotopic (exact) mass is 196 g/mol. The molecule has 0 aromatic heterocycles. The minimum absolute atomic E-state index is 0.452. The van der Waals surface area contributed by atoms with E-state index in [1.54, 1.807) is 0 Å². The Balaban J connectivity index is 2.08. The molecule has 2 nitrogen and oxygen atoms in total.